The average molecular weight is 396 g/mol. The minimum Gasteiger partial charge on any atom is -0.493 e. The van der Waals surface area contributed by atoms with Crippen molar-refractivity contribution in [2.45, 2.75) is 45.2 Å². The molecule has 0 saturated heterocycles. The number of hydrogen-bond acceptors (Lipinski definition) is 5. The fraction of sp³-hybridized carbons (Fsp3) is 0.455. The maximum atomic E-state index is 6.08. The van der Waals surface area contributed by atoms with Gasteiger partial charge in [0.25, 0.3) is 0 Å². The highest BCUT2D eigenvalue weighted by atomic mass is 16.5. The van der Waals surface area contributed by atoms with Crippen LogP contribution in [0.3, 0.4) is 0 Å². The second-order valence-corrected chi connectivity index (χ2v) is 7.36. The van der Waals surface area contributed by atoms with E-state index in [9.17, 15) is 0 Å². The monoisotopic (exact) mass is 395 g/mol. The van der Waals surface area contributed by atoms with Gasteiger partial charge >= 0.3 is 0 Å². The minimum atomic E-state index is 0.559. The molecule has 1 aliphatic carbocycles. The lowest BCUT2D eigenvalue weighted by Crippen LogP contribution is -2.19. The van der Waals surface area contributed by atoms with Crippen molar-refractivity contribution in [3.05, 3.63) is 59.4 Å². The van der Waals surface area contributed by atoms with E-state index in [1.165, 1.54) is 29.8 Å². The molecule has 154 valence electrons. The Bertz CT molecular complexity index is 904. The largest absolute Gasteiger partial charge is 0.493 e. The molecule has 7 heteroatoms. The predicted molar refractivity (Wildman–Crippen MR) is 111 cm³/mol. The number of nitrogens with one attached hydrogen (secondary N) is 2. The van der Waals surface area contributed by atoms with E-state index >= 15 is 0 Å². The van der Waals surface area contributed by atoms with Crippen molar-refractivity contribution < 1.29 is 9.47 Å². The van der Waals surface area contributed by atoms with Crippen LogP contribution in [0.25, 0.3) is 0 Å². The van der Waals surface area contributed by atoms with Crippen molar-refractivity contribution in [2.75, 3.05) is 20.3 Å². The second kappa shape index (κ2) is 9.60. The van der Waals surface area contributed by atoms with Crippen molar-refractivity contribution in [1.82, 2.24) is 25.1 Å². The number of para-hydroxylation sites is 1. The Kier molecular flexibility index (Phi) is 6.46. The predicted octanol–water partition coefficient (Wildman–Crippen LogP) is 2.90. The molecule has 0 bridgehead atoms. The van der Waals surface area contributed by atoms with Gasteiger partial charge in [0.05, 0.1) is 25.7 Å². The number of aryl methyl sites for hydroxylation is 1. The Balaban J connectivity index is 1.32. The van der Waals surface area contributed by atoms with E-state index in [2.05, 4.69) is 26.6 Å². The number of hydrogen-bond donors (Lipinski definition) is 2. The molecule has 1 aliphatic rings. The number of imidazole rings is 1. The first kappa shape index (κ1) is 19.5. The third-order valence-electron chi connectivity index (χ3n) is 5.43. The number of fused-ring (bicyclic) bond motifs is 1. The second-order valence-electron chi connectivity index (χ2n) is 7.36. The van der Waals surface area contributed by atoms with Gasteiger partial charge in [0.2, 0.25) is 0 Å². The normalized spacial score (nSPS) is 13.3. The zero-order chi connectivity index (χ0) is 19.9. The lowest BCUT2D eigenvalue weighted by molar-refractivity contribution is 0.276. The van der Waals surface area contributed by atoms with Gasteiger partial charge in [0.15, 0.2) is 11.5 Å². The number of benzene rings is 1. The van der Waals surface area contributed by atoms with Gasteiger partial charge in [-0.1, -0.05) is 12.1 Å². The first-order chi connectivity index (χ1) is 14.3. The molecule has 0 radical (unpaired) electrons. The SMILES string of the molecule is COc1cccc(CNCCc2n[nH]c3c2CCCC3)c1OCCn1ccnc1. The van der Waals surface area contributed by atoms with E-state index in [0.717, 1.165) is 56.0 Å². The van der Waals surface area contributed by atoms with Crippen LogP contribution in [0.4, 0.5) is 0 Å². The fourth-order valence-electron chi connectivity index (χ4n) is 3.88. The summed E-state index contributed by atoms with van der Waals surface area (Å²) in [5.74, 6) is 1.57. The molecule has 0 amide bonds. The summed E-state index contributed by atoms with van der Waals surface area (Å²) in [7, 11) is 1.68. The lowest BCUT2D eigenvalue weighted by Gasteiger charge is -2.16. The lowest BCUT2D eigenvalue weighted by atomic mass is 9.95. The molecule has 7 nitrogen and oxygen atoms in total. The molecule has 3 aromatic rings. The van der Waals surface area contributed by atoms with Crippen LogP contribution in [0.2, 0.25) is 0 Å². The summed E-state index contributed by atoms with van der Waals surface area (Å²) >= 11 is 0. The molecule has 0 saturated carbocycles. The van der Waals surface area contributed by atoms with E-state index in [0.29, 0.717) is 6.61 Å². The zero-order valence-corrected chi connectivity index (χ0v) is 17.0. The number of aromatic nitrogens is 4. The van der Waals surface area contributed by atoms with Crippen LogP contribution in [-0.4, -0.2) is 40.0 Å². The number of nitrogens with zero attached hydrogens (tertiary/aromatic N) is 3. The number of aromatic amines is 1. The van der Waals surface area contributed by atoms with E-state index in [4.69, 9.17) is 9.47 Å². The third kappa shape index (κ3) is 4.79. The Morgan fingerprint density at radius 3 is 3.03 bits per heavy atom. The van der Waals surface area contributed by atoms with Crippen LogP contribution < -0.4 is 14.8 Å². The first-order valence-electron chi connectivity index (χ1n) is 10.4. The van der Waals surface area contributed by atoms with E-state index in [-0.39, 0.29) is 0 Å². The quantitative estimate of drug-likeness (QED) is 0.516. The van der Waals surface area contributed by atoms with Gasteiger partial charge in [0, 0.05) is 43.2 Å². The molecular formula is C22H29N5O2. The van der Waals surface area contributed by atoms with Crippen molar-refractivity contribution in [3.8, 4) is 11.5 Å². The molecule has 0 spiro atoms. The molecule has 29 heavy (non-hydrogen) atoms. The Morgan fingerprint density at radius 1 is 1.24 bits per heavy atom. The molecule has 0 atom stereocenters. The van der Waals surface area contributed by atoms with E-state index in [1.54, 1.807) is 19.6 Å². The molecule has 0 aliphatic heterocycles. The minimum absolute atomic E-state index is 0.559. The van der Waals surface area contributed by atoms with Gasteiger partial charge in [-0.25, -0.2) is 4.98 Å². The van der Waals surface area contributed by atoms with Crippen molar-refractivity contribution in [1.29, 1.82) is 0 Å². The Morgan fingerprint density at radius 2 is 2.17 bits per heavy atom. The fourth-order valence-corrected chi connectivity index (χ4v) is 3.88. The molecular weight excluding hydrogens is 366 g/mol. The molecule has 2 aromatic heterocycles. The molecule has 0 fully saturated rings. The van der Waals surface area contributed by atoms with Crippen LogP contribution >= 0.6 is 0 Å². The highest BCUT2D eigenvalue weighted by Gasteiger charge is 2.16. The average Bonchev–Trinajstić information content (AvgIpc) is 3.42. The number of ether oxygens (including phenoxy) is 2. The van der Waals surface area contributed by atoms with Crippen molar-refractivity contribution >= 4 is 0 Å². The maximum Gasteiger partial charge on any atom is 0.165 e. The number of H-pyrrole nitrogens is 1. The summed E-state index contributed by atoms with van der Waals surface area (Å²) in [5, 5.41) is 11.3. The Labute approximate surface area is 171 Å². The van der Waals surface area contributed by atoms with Gasteiger partial charge in [0.1, 0.15) is 6.61 Å². The van der Waals surface area contributed by atoms with E-state index < -0.39 is 0 Å². The molecule has 1 aromatic carbocycles. The van der Waals surface area contributed by atoms with Gasteiger partial charge in [-0.15, -0.1) is 0 Å². The summed E-state index contributed by atoms with van der Waals surface area (Å²) in [6, 6.07) is 6.02. The molecule has 2 N–H and O–H groups in total. The number of rotatable bonds is 10. The topological polar surface area (TPSA) is 77.0 Å². The van der Waals surface area contributed by atoms with Crippen LogP contribution in [0.15, 0.2) is 36.9 Å². The highest BCUT2D eigenvalue weighted by Crippen LogP contribution is 2.31. The summed E-state index contributed by atoms with van der Waals surface area (Å²) in [6.07, 6.45) is 11.3. The summed E-state index contributed by atoms with van der Waals surface area (Å²) in [5.41, 5.74) is 5.10. The standard InChI is InChI=1S/C22H29N5O2/c1-28-21-8-4-5-17(22(21)29-14-13-27-12-11-24-16-27)15-23-10-9-20-18-6-2-3-7-19(18)25-26-20/h4-5,8,11-12,16,23H,2-3,6-7,9-10,13-15H2,1H3,(H,25,26). The molecule has 0 unspecified atom stereocenters. The smallest absolute Gasteiger partial charge is 0.165 e. The van der Waals surface area contributed by atoms with Crippen LogP contribution in [0.1, 0.15) is 35.4 Å². The van der Waals surface area contributed by atoms with Crippen LogP contribution in [0.5, 0.6) is 11.5 Å². The van der Waals surface area contributed by atoms with Crippen molar-refractivity contribution in [3.63, 3.8) is 0 Å². The van der Waals surface area contributed by atoms with Gasteiger partial charge in [-0.3, -0.25) is 5.10 Å². The van der Waals surface area contributed by atoms with Gasteiger partial charge in [-0.05, 0) is 37.3 Å². The third-order valence-corrected chi connectivity index (χ3v) is 5.43. The zero-order valence-electron chi connectivity index (χ0n) is 17.0. The summed E-state index contributed by atoms with van der Waals surface area (Å²) in [6.45, 7) is 2.91. The summed E-state index contributed by atoms with van der Waals surface area (Å²) in [4.78, 5) is 4.06. The number of methoxy groups -OCH3 is 1. The summed E-state index contributed by atoms with van der Waals surface area (Å²) < 4.78 is 13.6. The van der Waals surface area contributed by atoms with Gasteiger partial charge < -0.3 is 19.4 Å². The Hall–Kier alpha value is -2.80. The van der Waals surface area contributed by atoms with E-state index in [1.807, 2.05) is 22.9 Å². The molecule has 4 rings (SSSR count). The van der Waals surface area contributed by atoms with Crippen molar-refractivity contribution in [2.24, 2.45) is 0 Å². The first-order valence-corrected chi connectivity index (χ1v) is 10.4. The van der Waals surface area contributed by atoms with Gasteiger partial charge in [-0.2, -0.15) is 5.10 Å². The maximum absolute atomic E-state index is 6.08. The van der Waals surface area contributed by atoms with Crippen LogP contribution in [-0.2, 0) is 32.4 Å². The highest BCUT2D eigenvalue weighted by molar-refractivity contribution is 5.46. The molecule has 2 heterocycles. The van der Waals surface area contributed by atoms with Crippen LogP contribution in [0, 0.1) is 0 Å².